The molecule has 42 heavy (non-hydrogen) atoms. The maximum Gasteiger partial charge on any atom is 0.271 e. The standard InChI is InChI=1S/C31H29N5O5S/c1-4-36(22-10-6-5-7-11-22)27-26(21-18-33-35(3)19-21)34-31(39)29(28(27)37)42(40,41)23-16-14-20(15-17-23)24-12-8-9-13-25(24)30(38)32-2/h5-19H,4H2,1-3H3,(H,32,38)(H2,34,37,39). The molecule has 2 aromatic heterocycles. The number of aromatic nitrogens is 3. The van der Waals surface area contributed by atoms with Crippen LogP contribution in [0.1, 0.15) is 17.3 Å². The maximum absolute atomic E-state index is 13.9. The van der Waals surface area contributed by atoms with E-state index in [9.17, 15) is 23.1 Å². The molecule has 0 bridgehead atoms. The highest BCUT2D eigenvalue weighted by atomic mass is 32.2. The Balaban J connectivity index is 1.67. The number of benzene rings is 3. The van der Waals surface area contributed by atoms with Crippen LogP contribution >= 0.6 is 0 Å². The molecule has 0 fully saturated rings. The molecular weight excluding hydrogens is 554 g/mol. The molecule has 0 aliphatic rings. The van der Waals surface area contributed by atoms with E-state index < -0.39 is 26.0 Å². The third-order valence-corrected chi connectivity index (χ3v) is 8.72. The summed E-state index contributed by atoms with van der Waals surface area (Å²) in [6.45, 7) is 2.21. The third-order valence-electron chi connectivity index (χ3n) is 6.91. The Labute approximate surface area is 242 Å². The van der Waals surface area contributed by atoms with Gasteiger partial charge in [0.1, 0.15) is 5.69 Å². The topological polar surface area (TPSA) is 137 Å². The molecule has 1 amide bonds. The number of carbonyl (C=O) groups is 1. The van der Waals surface area contributed by atoms with E-state index in [1.54, 1.807) is 59.2 Å². The Morgan fingerprint density at radius 1 is 1.00 bits per heavy atom. The molecule has 3 aromatic carbocycles. The van der Waals surface area contributed by atoms with Crippen LogP contribution in [0.5, 0.6) is 5.75 Å². The molecule has 2 heterocycles. The highest BCUT2D eigenvalue weighted by Gasteiger charge is 2.32. The lowest BCUT2D eigenvalue weighted by Crippen LogP contribution is -2.24. The minimum Gasteiger partial charge on any atom is -0.504 e. The second kappa shape index (κ2) is 11.4. The molecule has 0 radical (unpaired) electrons. The van der Waals surface area contributed by atoms with Crippen molar-refractivity contribution in [2.45, 2.75) is 16.7 Å². The van der Waals surface area contributed by atoms with Crippen LogP contribution in [0.15, 0.2) is 106 Å². The summed E-state index contributed by atoms with van der Waals surface area (Å²) < 4.78 is 29.4. The van der Waals surface area contributed by atoms with Crippen molar-refractivity contribution in [1.82, 2.24) is 20.1 Å². The van der Waals surface area contributed by atoms with Gasteiger partial charge in [0.2, 0.25) is 9.84 Å². The van der Waals surface area contributed by atoms with Gasteiger partial charge in [-0.3, -0.25) is 14.3 Å². The second-order valence-corrected chi connectivity index (χ2v) is 11.4. The predicted octanol–water partition coefficient (Wildman–Crippen LogP) is 4.50. The van der Waals surface area contributed by atoms with Crippen molar-refractivity contribution in [2.24, 2.45) is 7.05 Å². The first-order valence-corrected chi connectivity index (χ1v) is 14.6. The Morgan fingerprint density at radius 3 is 2.29 bits per heavy atom. The number of pyridine rings is 1. The van der Waals surface area contributed by atoms with Gasteiger partial charge in [0.25, 0.3) is 11.5 Å². The number of aryl methyl sites for hydroxylation is 1. The Morgan fingerprint density at radius 2 is 1.67 bits per heavy atom. The van der Waals surface area contributed by atoms with Crippen LogP contribution in [0.2, 0.25) is 0 Å². The van der Waals surface area contributed by atoms with Gasteiger partial charge in [-0.2, -0.15) is 5.10 Å². The molecule has 214 valence electrons. The van der Waals surface area contributed by atoms with Gasteiger partial charge in [-0.05, 0) is 48.4 Å². The van der Waals surface area contributed by atoms with Crippen LogP contribution in [0.25, 0.3) is 22.4 Å². The van der Waals surface area contributed by atoms with Crippen LogP contribution < -0.4 is 15.8 Å². The third kappa shape index (κ3) is 5.06. The zero-order chi connectivity index (χ0) is 30.0. The summed E-state index contributed by atoms with van der Waals surface area (Å²) in [6, 6.07) is 21.9. The first kappa shape index (κ1) is 28.4. The number of aromatic hydroxyl groups is 1. The number of amides is 1. The van der Waals surface area contributed by atoms with Gasteiger partial charge < -0.3 is 20.3 Å². The largest absolute Gasteiger partial charge is 0.504 e. The highest BCUT2D eigenvalue weighted by Crippen LogP contribution is 2.43. The number of hydrogen-bond acceptors (Lipinski definition) is 7. The number of hydrogen-bond donors (Lipinski definition) is 3. The molecule has 11 heteroatoms. The first-order valence-electron chi connectivity index (χ1n) is 13.1. The van der Waals surface area contributed by atoms with Crippen molar-refractivity contribution >= 4 is 27.1 Å². The second-order valence-electron chi connectivity index (χ2n) is 9.49. The maximum atomic E-state index is 13.9. The number of aromatic amines is 1. The molecule has 0 saturated carbocycles. The van der Waals surface area contributed by atoms with E-state index in [0.29, 0.717) is 34.5 Å². The smallest absolute Gasteiger partial charge is 0.271 e. The molecule has 0 aliphatic carbocycles. The summed E-state index contributed by atoms with van der Waals surface area (Å²) in [5, 5.41) is 18.4. The molecule has 3 N–H and O–H groups in total. The zero-order valence-corrected chi connectivity index (χ0v) is 24.0. The summed E-state index contributed by atoms with van der Waals surface area (Å²) in [4.78, 5) is 29.3. The summed E-state index contributed by atoms with van der Waals surface area (Å²) in [5.74, 6) is -0.948. The summed E-state index contributed by atoms with van der Waals surface area (Å²) in [7, 11) is -1.25. The fourth-order valence-electron chi connectivity index (χ4n) is 4.91. The average molecular weight is 584 g/mol. The molecule has 0 spiro atoms. The van der Waals surface area contributed by atoms with Crippen LogP contribution in [-0.2, 0) is 16.9 Å². The van der Waals surface area contributed by atoms with E-state index in [1.165, 1.54) is 25.4 Å². The summed E-state index contributed by atoms with van der Waals surface area (Å²) in [5.41, 5.74) is 2.25. The summed E-state index contributed by atoms with van der Waals surface area (Å²) >= 11 is 0. The van der Waals surface area contributed by atoms with Crippen LogP contribution in [0, 0.1) is 0 Å². The Bertz CT molecular complexity index is 1930. The Kier molecular flexibility index (Phi) is 7.68. The van der Waals surface area contributed by atoms with Gasteiger partial charge >= 0.3 is 0 Å². The molecule has 0 atom stereocenters. The van der Waals surface area contributed by atoms with Gasteiger partial charge in [0.05, 0.1) is 16.8 Å². The molecule has 0 aliphatic heterocycles. The number of H-pyrrole nitrogens is 1. The number of rotatable bonds is 8. The minimum atomic E-state index is -4.49. The van der Waals surface area contributed by atoms with Gasteiger partial charge in [-0.15, -0.1) is 0 Å². The van der Waals surface area contributed by atoms with E-state index in [1.807, 2.05) is 37.3 Å². The van der Waals surface area contributed by atoms with Crippen molar-refractivity contribution in [1.29, 1.82) is 0 Å². The van der Waals surface area contributed by atoms with E-state index in [2.05, 4.69) is 15.4 Å². The monoisotopic (exact) mass is 583 g/mol. The molecule has 0 unspecified atom stereocenters. The van der Waals surface area contributed by atoms with Gasteiger partial charge in [-0.25, -0.2) is 8.42 Å². The lowest BCUT2D eigenvalue weighted by Gasteiger charge is -2.27. The fourth-order valence-corrected chi connectivity index (χ4v) is 6.29. The van der Waals surface area contributed by atoms with E-state index in [-0.39, 0.29) is 22.2 Å². The van der Waals surface area contributed by atoms with Gasteiger partial charge in [-0.1, -0.05) is 48.5 Å². The number of carbonyl (C=O) groups excluding carboxylic acids is 1. The van der Waals surface area contributed by atoms with Crippen molar-refractivity contribution in [3.05, 3.63) is 107 Å². The SMILES string of the molecule is CCN(c1ccccc1)c1c(-c2cnn(C)c2)[nH]c(=O)c(S(=O)(=O)c2ccc(-c3ccccc3C(=O)NC)cc2)c1O. The van der Waals surface area contributed by atoms with Crippen molar-refractivity contribution in [2.75, 3.05) is 18.5 Å². The lowest BCUT2D eigenvalue weighted by molar-refractivity contribution is 0.0963. The number of nitrogens with one attached hydrogen (secondary N) is 2. The first-order chi connectivity index (χ1) is 20.2. The van der Waals surface area contributed by atoms with Crippen molar-refractivity contribution in [3.63, 3.8) is 0 Å². The normalized spacial score (nSPS) is 11.3. The van der Waals surface area contributed by atoms with E-state index in [0.717, 1.165) is 0 Å². The summed E-state index contributed by atoms with van der Waals surface area (Å²) in [6.07, 6.45) is 3.19. The van der Waals surface area contributed by atoms with Crippen LogP contribution in [-0.4, -0.2) is 47.8 Å². The van der Waals surface area contributed by atoms with E-state index >= 15 is 0 Å². The van der Waals surface area contributed by atoms with Crippen molar-refractivity contribution in [3.8, 4) is 28.1 Å². The van der Waals surface area contributed by atoms with E-state index in [4.69, 9.17) is 0 Å². The van der Waals surface area contributed by atoms with Crippen molar-refractivity contribution < 1.29 is 18.3 Å². The van der Waals surface area contributed by atoms with Crippen LogP contribution in [0.4, 0.5) is 11.4 Å². The number of para-hydroxylation sites is 1. The number of anilines is 2. The quantitative estimate of drug-likeness (QED) is 0.245. The fraction of sp³-hybridized carbons (Fsp3) is 0.129. The zero-order valence-electron chi connectivity index (χ0n) is 23.2. The Hall–Kier alpha value is -5.16. The predicted molar refractivity (Wildman–Crippen MR) is 161 cm³/mol. The minimum absolute atomic E-state index is 0.131. The number of nitrogens with zero attached hydrogens (tertiary/aromatic N) is 3. The number of sulfone groups is 1. The molecule has 10 nitrogen and oxygen atoms in total. The highest BCUT2D eigenvalue weighted by molar-refractivity contribution is 7.91. The van der Waals surface area contributed by atoms with Crippen LogP contribution in [0.3, 0.4) is 0 Å². The van der Waals surface area contributed by atoms with Gasteiger partial charge in [0, 0.05) is 43.7 Å². The average Bonchev–Trinajstić information content (AvgIpc) is 3.44. The van der Waals surface area contributed by atoms with Gasteiger partial charge in [0.15, 0.2) is 10.6 Å². The molecule has 5 rings (SSSR count). The molecular formula is C31H29N5O5S. The lowest BCUT2D eigenvalue weighted by atomic mass is 9.99. The molecule has 0 saturated heterocycles. The molecule has 5 aromatic rings.